The summed E-state index contributed by atoms with van der Waals surface area (Å²) in [5, 5.41) is 0. The summed E-state index contributed by atoms with van der Waals surface area (Å²) in [5.74, 6) is 0.763. The molecule has 2 aliphatic rings. The van der Waals surface area contributed by atoms with Gasteiger partial charge in [0.15, 0.2) is 0 Å². The highest BCUT2D eigenvalue weighted by Gasteiger charge is 2.25. The van der Waals surface area contributed by atoms with Crippen LogP contribution in [0.2, 0.25) is 0 Å². The molecule has 0 bridgehead atoms. The van der Waals surface area contributed by atoms with Crippen LogP contribution in [0.4, 0.5) is 0 Å². The Morgan fingerprint density at radius 1 is 0.962 bits per heavy atom. The van der Waals surface area contributed by atoms with Crippen LogP contribution in [0.1, 0.15) is 5.56 Å². The number of amides is 2. The number of hydrogen-bond donors (Lipinski definition) is 0. The zero-order chi connectivity index (χ0) is 18.4. The summed E-state index contributed by atoms with van der Waals surface area (Å²) in [4.78, 5) is 31.9. The van der Waals surface area contributed by atoms with Gasteiger partial charge in [0.2, 0.25) is 11.8 Å². The van der Waals surface area contributed by atoms with Crippen molar-refractivity contribution in [3.8, 4) is 0 Å². The second-order valence-corrected chi connectivity index (χ2v) is 7.72. The highest BCUT2D eigenvalue weighted by Crippen LogP contribution is 2.22. The van der Waals surface area contributed by atoms with Crippen LogP contribution in [-0.4, -0.2) is 91.3 Å². The van der Waals surface area contributed by atoms with Crippen molar-refractivity contribution in [3.05, 3.63) is 29.8 Å². The lowest BCUT2D eigenvalue weighted by Crippen LogP contribution is -2.53. The topological polar surface area (TPSA) is 53.1 Å². The molecule has 2 aliphatic heterocycles. The average molecular weight is 378 g/mol. The number of hydrogen-bond acceptors (Lipinski definition) is 5. The average Bonchev–Trinajstić information content (AvgIpc) is 2.68. The summed E-state index contributed by atoms with van der Waals surface area (Å²) < 4.78 is 5.32. The van der Waals surface area contributed by atoms with Crippen molar-refractivity contribution in [2.45, 2.75) is 11.8 Å². The quantitative estimate of drug-likeness (QED) is 0.719. The molecule has 0 radical (unpaired) electrons. The Hall–Kier alpha value is -1.57. The van der Waals surface area contributed by atoms with Gasteiger partial charge in [-0.15, -0.1) is 11.8 Å². The Bertz CT molecular complexity index is 626. The van der Waals surface area contributed by atoms with Gasteiger partial charge in [-0.2, -0.15) is 0 Å². The van der Waals surface area contributed by atoms with Crippen molar-refractivity contribution in [2.75, 3.05) is 64.8 Å². The Morgan fingerprint density at radius 2 is 1.58 bits per heavy atom. The Morgan fingerprint density at radius 3 is 2.23 bits per heavy atom. The van der Waals surface area contributed by atoms with Gasteiger partial charge in [-0.05, 0) is 18.6 Å². The molecule has 0 aromatic heterocycles. The van der Waals surface area contributed by atoms with E-state index in [1.807, 2.05) is 21.9 Å². The standard InChI is InChI=1S/C19H27N3O3S/c1-16-4-2-3-5-17(16)26-15-19(24)22-8-6-21(7-9-22)18(23)14-20-10-12-25-13-11-20/h2-5H,6-15H2,1H3. The molecular formula is C19H27N3O3S. The van der Waals surface area contributed by atoms with Crippen molar-refractivity contribution in [1.29, 1.82) is 0 Å². The van der Waals surface area contributed by atoms with Crippen molar-refractivity contribution in [3.63, 3.8) is 0 Å². The van der Waals surface area contributed by atoms with Crippen LogP contribution in [-0.2, 0) is 14.3 Å². The zero-order valence-electron chi connectivity index (χ0n) is 15.4. The molecule has 0 saturated carbocycles. The molecule has 2 amide bonds. The van der Waals surface area contributed by atoms with Gasteiger partial charge in [-0.3, -0.25) is 14.5 Å². The minimum Gasteiger partial charge on any atom is -0.379 e. The van der Waals surface area contributed by atoms with E-state index in [-0.39, 0.29) is 11.8 Å². The first-order valence-electron chi connectivity index (χ1n) is 9.17. The van der Waals surface area contributed by atoms with E-state index < -0.39 is 0 Å². The maximum absolute atomic E-state index is 12.5. The molecule has 2 fully saturated rings. The largest absolute Gasteiger partial charge is 0.379 e. The Labute approximate surface area is 159 Å². The van der Waals surface area contributed by atoms with Crippen LogP contribution in [0.3, 0.4) is 0 Å². The van der Waals surface area contributed by atoms with E-state index in [4.69, 9.17) is 4.74 Å². The van der Waals surface area contributed by atoms with Crippen molar-refractivity contribution >= 4 is 23.6 Å². The summed E-state index contributed by atoms with van der Waals surface area (Å²) in [6, 6.07) is 8.12. The third-order valence-corrected chi connectivity index (χ3v) is 6.05. The second kappa shape index (κ2) is 9.39. The first-order valence-corrected chi connectivity index (χ1v) is 10.2. The number of ether oxygens (including phenoxy) is 1. The smallest absolute Gasteiger partial charge is 0.236 e. The van der Waals surface area contributed by atoms with Gasteiger partial charge in [-0.1, -0.05) is 18.2 Å². The van der Waals surface area contributed by atoms with Crippen LogP contribution >= 0.6 is 11.8 Å². The number of piperazine rings is 1. The molecule has 0 unspecified atom stereocenters. The normalized spacial score (nSPS) is 18.8. The number of rotatable bonds is 5. The number of nitrogens with zero attached hydrogens (tertiary/aromatic N) is 3. The minimum absolute atomic E-state index is 0.151. The van der Waals surface area contributed by atoms with E-state index >= 15 is 0 Å². The SMILES string of the molecule is Cc1ccccc1SCC(=O)N1CCN(C(=O)CN2CCOCC2)CC1. The summed E-state index contributed by atoms with van der Waals surface area (Å²) in [6.07, 6.45) is 0. The predicted octanol–water partition coefficient (Wildman–Crippen LogP) is 1.09. The van der Waals surface area contributed by atoms with Gasteiger partial charge >= 0.3 is 0 Å². The molecule has 0 atom stereocenters. The van der Waals surface area contributed by atoms with Crippen LogP contribution < -0.4 is 0 Å². The molecule has 0 N–H and O–H groups in total. The number of morpholine rings is 1. The van der Waals surface area contributed by atoms with E-state index in [1.54, 1.807) is 11.8 Å². The fourth-order valence-electron chi connectivity index (χ4n) is 3.20. The highest BCUT2D eigenvalue weighted by molar-refractivity contribution is 8.00. The first-order chi connectivity index (χ1) is 12.6. The third-order valence-electron chi connectivity index (χ3n) is 4.89. The highest BCUT2D eigenvalue weighted by atomic mass is 32.2. The molecule has 1 aromatic rings. The monoisotopic (exact) mass is 377 g/mol. The number of benzene rings is 1. The van der Waals surface area contributed by atoms with Gasteiger partial charge in [0.1, 0.15) is 0 Å². The number of carbonyl (C=O) groups is 2. The van der Waals surface area contributed by atoms with E-state index in [9.17, 15) is 9.59 Å². The number of carbonyl (C=O) groups excluding carboxylic acids is 2. The van der Waals surface area contributed by atoms with Crippen molar-refractivity contribution in [2.24, 2.45) is 0 Å². The maximum Gasteiger partial charge on any atom is 0.236 e. The Balaban J connectivity index is 1.40. The van der Waals surface area contributed by atoms with E-state index in [1.165, 1.54) is 5.56 Å². The van der Waals surface area contributed by atoms with Crippen molar-refractivity contribution in [1.82, 2.24) is 14.7 Å². The molecular weight excluding hydrogens is 350 g/mol. The predicted molar refractivity (Wildman–Crippen MR) is 102 cm³/mol. The molecule has 0 spiro atoms. The van der Waals surface area contributed by atoms with Gasteiger partial charge in [0.05, 0.1) is 25.5 Å². The zero-order valence-corrected chi connectivity index (χ0v) is 16.2. The molecule has 26 heavy (non-hydrogen) atoms. The summed E-state index contributed by atoms with van der Waals surface area (Å²) in [6.45, 7) is 8.08. The van der Waals surface area contributed by atoms with Crippen LogP contribution in [0.25, 0.3) is 0 Å². The lowest BCUT2D eigenvalue weighted by atomic mass is 10.2. The maximum atomic E-state index is 12.5. The number of thioether (sulfide) groups is 1. The summed E-state index contributed by atoms with van der Waals surface area (Å²) >= 11 is 1.59. The van der Waals surface area contributed by atoms with E-state index in [0.717, 1.165) is 18.0 Å². The van der Waals surface area contributed by atoms with Gasteiger partial charge in [0, 0.05) is 44.2 Å². The van der Waals surface area contributed by atoms with Crippen LogP contribution in [0.15, 0.2) is 29.2 Å². The van der Waals surface area contributed by atoms with Gasteiger partial charge in [-0.25, -0.2) is 0 Å². The van der Waals surface area contributed by atoms with Crippen LogP contribution in [0.5, 0.6) is 0 Å². The fourth-order valence-corrected chi connectivity index (χ4v) is 4.14. The first kappa shape index (κ1) is 19.2. The molecule has 2 saturated heterocycles. The molecule has 3 rings (SSSR count). The third kappa shape index (κ3) is 5.22. The Kier molecular flexibility index (Phi) is 6.93. The number of aryl methyl sites for hydroxylation is 1. The molecule has 7 heteroatoms. The van der Waals surface area contributed by atoms with Gasteiger partial charge in [0.25, 0.3) is 0 Å². The molecule has 6 nitrogen and oxygen atoms in total. The summed E-state index contributed by atoms with van der Waals surface area (Å²) in [5.41, 5.74) is 1.20. The molecule has 0 aliphatic carbocycles. The molecule has 142 valence electrons. The van der Waals surface area contributed by atoms with Gasteiger partial charge < -0.3 is 14.5 Å². The van der Waals surface area contributed by atoms with Crippen molar-refractivity contribution < 1.29 is 14.3 Å². The summed E-state index contributed by atoms with van der Waals surface area (Å²) in [7, 11) is 0. The van der Waals surface area contributed by atoms with E-state index in [2.05, 4.69) is 24.0 Å². The lowest BCUT2D eigenvalue weighted by molar-refractivity contribution is -0.139. The van der Waals surface area contributed by atoms with Crippen LogP contribution in [0, 0.1) is 6.92 Å². The van der Waals surface area contributed by atoms with E-state index in [0.29, 0.717) is 51.7 Å². The molecule has 2 heterocycles. The fraction of sp³-hybridized carbons (Fsp3) is 0.579. The lowest BCUT2D eigenvalue weighted by Gasteiger charge is -2.36. The minimum atomic E-state index is 0.151. The molecule has 1 aromatic carbocycles. The second-order valence-electron chi connectivity index (χ2n) is 6.70.